The average Bonchev–Trinajstić information content (AvgIpc) is 3.18. The van der Waals surface area contributed by atoms with Gasteiger partial charge >= 0.3 is 0 Å². The molecule has 6 nitrogen and oxygen atoms in total. The molecule has 186 valence electrons. The van der Waals surface area contributed by atoms with E-state index in [9.17, 15) is 4.79 Å². The van der Waals surface area contributed by atoms with Gasteiger partial charge in [-0.1, -0.05) is 30.7 Å². The second-order valence-electron chi connectivity index (χ2n) is 10.7. The first-order chi connectivity index (χ1) is 16.9. The van der Waals surface area contributed by atoms with E-state index < -0.39 is 0 Å². The van der Waals surface area contributed by atoms with Crippen LogP contribution in [-0.4, -0.2) is 58.4 Å². The standard InChI is InChI=1S/C29H38N4O2/c1-22-9-8-16-33-25(23(2)30-28(22)33)19-32-17-14-29(15-18-32)13-7-6-11-24-10-4-5-12-26(24)35-20-27(34)31(3)21-29/h4-5,8-10,12,16H,6-7,11,13-15,17-21H2,1-3H3. The Bertz CT molecular complexity index is 1190. The number of aryl methyl sites for hydroxylation is 3. The number of likely N-dealkylation sites (N-methyl/N-ethyl adjacent to an activating group) is 1. The third kappa shape index (κ3) is 5.08. The number of aromatic nitrogens is 2. The van der Waals surface area contributed by atoms with Gasteiger partial charge in [0.25, 0.3) is 5.91 Å². The van der Waals surface area contributed by atoms with Crippen molar-refractivity contribution >= 4 is 11.6 Å². The smallest absolute Gasteiger partial charge is 0.260 e. The summed E-state index contributed by atoms with van der Waals surface area (Å²) in [6.07, 6.45) is 8.90. The summed E-state index contributed by atoms with van der Waals surface area (Å²) in [5.41, 5.74) is 6.09. The van der Waals surface area contributed by atoms with E-state index in [4.69, 9.17) is 9.72 Å². The lowest BCUT2D eigenvalue weighted by molar-refractivity contribution is -0.134. The minimum Gasteiger partial charge on any atom is -0.483 e. The molecular formula is C29H38N4O2. The summed E-state index contributed by atoms with van der Waals surface area (Å²) in [5.74, 6) is 0.926. The molecule has 1 fully saturated rings. The van der Waals surface area contributed by atoms with Gasteiger partial charge in [-0.2, -0.15) is 0 Å². The zero-order valence-corrected chi connectivity index (χ0v) is 21.4. The molecule has 1 saturated heterocycles. The number of carbonyl (C=O) groups excluding carboxylic acids is 1. The molecule has 5 rings (SSSR count). The molecule has 3 aromatic rings. The molecule has 2 aromatic heterocycles. The average molecular weight is 475 g/mol. The number of fused-ring (bicyclic) bond motifs is 2. The maximum atomic E-state index is 12.9. The number of hydrogen-bond donors (Lipinski definition) is 0. The number of amides is 1. The Morgan fingerprint density at radius 3 is 2.66 bits per heavy atom. The molecule has 4 heterocycles. The summed E-state index contributed by atoms with van der Waals surface area (Å²) in [4.78, 5) is 22.2. The van der Waals surface area contributed by atoms with Crippen LogP contribution in [0.4, 0.5) is 0 Å². The molecule has 0 N–H and O–H groups in total. The van der Waals surface area contributed by atoms with Crippen LogP contribution in [0.3, 0.4) is 0 Å². The minimum absolute atomic E-state index is 0.0684. The maximum Gasteiger partial charge on any atom is 0.260 e. The van der Waals surface area contributed by atoms with Crippen LogP contribution in [0.1, 0.15) is 54.6 Å². The van der Waals surface area contributed by atoms with E-state index in [1.807, 2.05) is 24.1 Å². The Labute approximate surface area is 208 Å². The van der Waals surface area contributed by atoms with Crippen LogP contribution < -0.4 is 4.74 Å². The fraction of sp³-hybridized carbons (Fsp3) is 0.517. The van der Waals surface area contributed by atoms with Crippen molar-refractivity contribution in [3.05, 3.63) is 65.1 Å². The molecule has 0 aliphatic carbocycles. The Morgan fingerprint density at radius 1 is 1.03 bits per heavy atom. The van der Waals surface area contributed by atoms with Gasteiger partial charge in [0.05, 0.1) is 11.4 Å². The van der Waals surface area contributed by atoms with E-state index in [0.717, 1.165) is 69.0 Å². The molecule has 2 aliphatic heterocycles. The molecule has 0 bridgehead atoms. The Balaban J connectivity index is 1.28. The van der Waals surface area contributed by atoms with Crippen molar-refractivity contribution in [3.63, 3.8) is 0 Å². The number of ether oxygens (including phenoxy) is 1. The SMILES string of the molecule is Cc1nc2c(C)cccn2c1CN1CCC2(CCCCc3ccccc3OCC(=O)N(C)C2)CC1. The topological polar surface area (TPSA) is 50.1 Å². The number of piperidine rings is 1. The van der Waals surface area contributed by atoms with Crippen LogP contribution in [0.25, 0.3) is 5.65 Å². The lowest BCUT2D eigenvalue weighted by Crippen LogP contribution is -2.47. The molecule has 1 aromatic carbocycles. The van der Waals surface area contributed by atoms with Gasteiger partial charge in [-0.3, -0.25) is 9.69 Å². The van der Waals surface area contributed by atoms with E-state index in [1.165, 1.54) is 29.7 Å². The van der Waals surface area contributed by atoms with E-state index in [-0.39, 0.29) is 17.9 Å². The number of carbonyl (C=O) groups is 1. The first kappa shape index (κ1) is 23.9. The van der Waals surface area contributed by atoms with Gasteiger partial charge in [-0.05, 0) is 87.7 Å². The normalized spacial score (nSPS) is 19.7. The number of imidazole rings is 1. The van der Waals surface area contributed by atoms with Gasteiger partial charge in [0.15, 0.2) is 6.61 Å². The number of hydrogen-bond acceptors (Lipinski definition) is 4. The van der Waals surface area contributed by atoms with Crippen LogP contribution in [-0.2, 0) is 17.8 Å². The summed E-state index contributed by atoms with van der Waals surface area (Å²) < 4.78 is 8.20. The highest BCUT2D eigenvalue weighted by molar-refractivity contribution is 5.77. The van der Waals surface area contributed by atoms with Gasteiger partial charge in [-0.15, -0.1) is 0 Å². The Hall–Kier alpha value is -2.86. The van der Waals surface area contributed by atoms with Crippen LogP contribution in [0, 0.1) is 19.3 Å². The van der Waals surface area contributed by atoms with Gasteiger partial charge in [0, 0.05) is 26.3 Å². The Morgan fingerprint density at radius 2 is 1.83 bits per heavy atom. The lowest BCUT2D eigenvalue weighted by atomic mass is 9.73. The van der Waals surface area contributed by atoms with Crippen molar-refractivity contribution in [2.45, 2.75) is 58.9 Å². The van der Waals surface area contributed by atoms with Crippen molar-refractivity contribution in [1.82, 2.24) is 19.2 Å². The Kier molecular flexibility index (Phi) is 6.83. The summed E-state index contributed by atoms with van der Waals surface area (Å²) in [5, 5.41) is 0. The number of benzene rings is 1. The van der Waals surface area contributed by atoms with Crippen LogP contribution in [0.15, 0.2) is 42.6 Å². The first-order valence-corrected chi connectivity index (χ1v) is 13.0. The van der Waals surface area contributed by atoms with Gasteiger partial charge in [0.1, 0.15) is 11.4 Å². The highest BCUT2D eigenvalue weighted by atomic mass is 16.5. The second-order valence-corrected chi connectivity index (χ2v) is 10.7. The first-order valence-electron chi connectivity index (χ1n) is 13.0. The number of para-hydroxylation sites is 1. The number of pyridine rings is 1. The molecule has 1 spiro atoms. The van der Waals surface area contributed by atoms with Crippen LogP contribution in [0.5, 0.6) is 5.75 Å². The third-order valence-corrected chi connectivity index (χ3v) is 8.16. The molecule has 0 saturated carbocycles. The van der Waals surface area contributed by atoms with Crippen LogP contribution >= 0.6 is 0 Å². The second kappa shape index (κ2) is 10.0. The van der Waals surface area contributed by atoms with Gasteiger partial charge < -0.3 is 14.0 Å². The summed E-state index contributed by atoms with van der Waals surface area (Å²) >= 11 is 0. The van der Waals surface area contributed by atoms with Gasteiger partial charge in [0.2, 0.25) is 0 Å². The minimum atomic E-state index is 0.0684. The van der Waals surface area contributed by atoms with Crippen molar-refractivity contribution in [2.75, 3.05) is 33.3 Å². The van der Waals surface area contributed by atoms with Crippen molar-refractivity contribution in [3.8, 4) is 5.75 Å². The summed E-state index contributed by atoms with van der Waals surface area (Å²) in [6, 6.07) is 12.4. The predicted octanol–water partition coefficient (Wildman–Crippen LogP) is 4.80. The molecule has 35 heavy (non-hydrogen) atoms. The molecule has 0 radical (unpaired) electrons. The van der Waals surface area contributed by atoms with E-state index in [1.54, 1.807) is 0 Å². The highest BCUT2D eigenvalue weighted by Crippen LogP contribution is 2.38. The largest absolute Gasteiger partial charge is 0.483 e. The predicted molar refractivity (Wildman–Crippen MR) is 139 cm³/mol. The third-order valence-electron chi connectivity index (χ3n) is 8.16. The fourth-order valence-electron chi connectivity index (χ4n) is 5.95. The summed E-state index contributed by atoms with van der Waals surface area (Å²) in [6.45, 7) is 8.22. The molecular weight excluding hydrogens is 436 g/mol. The van der Waals surface area contributed by atoms with Crippen LogP contribution in [0.2, 0.25) is 0 Å². The lowest BCUT2D eigenvalue weighted by Gasteiger charge is -2.44. The van der Waals surface area contributed by atoms with E-state index >= 15 is 0 Å². The molecule has 6 heteroatoms. The monoisotopic (exact) mass is 474 g/mol. The quantitative estimate of drug-likeness (QED) is 0.536. The van der Waals surface area contributed by atoms with Gasteiger partial charge in [-0.25, -0.2) is 4.98 Å². The van der Waals surface area contributed by atoms with Crippen molar-refractivity contribution in [1.29, 1.82) is 0 Å². The molecule has 2 aliphatic rings. The van der Waals surface area contributed by atoms with Crippen molar-refractivity contribution in [2.24, 2.45) is 5.41 Å². The maximum absolute atomic E-state index is 12.9. The van der Waals surface area contributed by atoms with Crippen molar-refractivity contribution < 1.29 is 9.53 Å². The zero-order chi connectivity index (χ0) is 24.4. The fourth-order valence-corrected chi connectivity index (χ4v) is 5.95. The van der Waals surface area contributed by atoms with E-state index in [0.29, 0.717) is 0 Å². The number of likely N-dealkylation sites (tertiary alicyclic amines) is 1. The summed E-state index contributed by atoms with van der Waals surface area (Å²) in [7, 11) is 1.95. The molecule has 0 atom stereocenters. The highest BCUT2D eigenvalue weighted by Gasteiger charge is 2.36. The zero-order valence-electron chi connectivity index (χ0n) is 21.4. The molecule has 0 unspecified atom stereocenters. The number of rotatable bonds is 2. The number of nitrogens with zero attached hydrogens (tertiary/aromatic N) is 4. The molecule has 1 amide bonds. The van der Waals surface area contributed by atoms with E-state index in [2.05, 4.69) is 53.6 Å².